The monoisotopic (exact) mass is 346 g/mol. The van der Waals surface area contributed by atoms with E-state index in [1.165, 1.54) is 23.1 Å². The summed E-state index contributed by atoms with van der Waals surface area (Å²) in [5, 5.41) is 9.51. The topological polar surface area (TPSA) is 29.5 Å². The van der Waals surface area contributed by atoms with Crippen molar-refractivity contribution in [3.05, 3.63) is 107 Å². The van der Waals surface area contributed by atoms with Crippen LogP contribution in [0.3, 0.4) is 0 Å². The Morgan fingerprint density at radius 3 is 2.08 bits per heavy atom. The van der Waals surface area contributed by atoms with Crippen LogP contribution in [-0.2, 0) is 18.0 Å². The molecule has 4 rings (SSSR count). The van der Waals surface area contributed by atoms with E-state index >= 15 is 0 Å². The third-order valence-electron chi connectivity index (χ3n) is 4.52. The first-order chi connectivity index (χ1) is 12.8. The summed E-state index contributed by atoms with van der Waals surface area (Å²) in [7, 11) is 0. The highest BCUT2D eigenvalue weighted by Gasteiger charge is 2.17. The molecule has 0 aromatic heterocycles. The third kappa shape index (κ3) is 5.55. The lowest BCUT2D eigenvalue weighted by Crippen LogP contribution is -2.13. The highest BCUT2D eigenvalue weighted by molar-refractivity contribution is 5.44. The van der Waals surface area contributed by atoms with Crippen molar-refractivity contribution in [2.24, 2.45) is 0 Å². The van der Waals surface area contributed by atoms with Crippen LogP contribution in [-0.4, -0.2) is 11.2 Å². The average molecular weight is 346 g/mol. The van der Waals surface area contributed by atoms with E-state index in [0.717, 1.165) is 18.4 Å². The summed E-state index contributed by atoms with van der Waals surface area (Å²) in [5.74, 6) is 0. The van der Waals surface area contributed by atoms with E-state index in [4.69, 9.17) is 4.74 Å². The lowest BCUT2D eigenvalue weighted by molar-refractivity contribution is 0.107. The molecule has 2 aromatic rings. The van der Waals surface area contributed by atoms with Crippen LogP contribution in [0.2, 0.25) is 0 Å². The quantitative estimate of drug-likeness (QED) is 0.808. The second-order valence-electron chi connectivity index (χ2n) is 6.54. The van der Waals surface area contributed by atoms with Crippen LogP contribution >= 0.6 is 0 Å². The second kappa shape index (κ2) is 9.91. The number of fused-ring (bicyclic) bond motifs is 1. The first-order valence-corrected chi connectivity index (χ1v) is 9.24. The Morgan fingerprint density at radius 2 is 1.50 bits per heavy atom. The molecule has 0 spiro atoms. The Morgan fingerprint density at radius 1 is 0.885 bits per heavy atom. The summed E-state index contributed by atoms with van der Waals surface area (Å²) >= 11 is 0. The first kappa shape index (κ1) is 18.4. The Bertz CT molecular complexity index is 718. The van der Waals surface area contributed by atoms with E-state index in [2.05, 4.69) is 36.4 Å². The number of benzene rings is 2. The normalized spacial score (nSPS) is 18.1. The van der Waals surface area contributed by atoms with Crippen LogP contribution in [0.25, 0.3) is 0 Å². The summed E-state index contributed by atoms with van der Waals surface area (Å²) in [6.45, 7) is 1.35. The maximum absolute atomic E-state index is 9.51. The Hall–Kier alpha value is -2.42. The molecular weight excluding hydrogens is 320 g/mol. The van der Waals surface area contributed by atoms with Gasteiger partial charge in [0.2, 0.25) is 0 Å². The fourth-order valence-electron chi connectivity index (χ4n) is 3.13. The van der Waals surface area contributed by atoms with Crippen LogP contribution in [0.5, 0.6) is 0 Å². The molecule has 0 heterocycles. The molecule has 0 saturated carbocycles. The number of hydrogen-bond acceptors (Lipinski definition) is 2. The van der Waals surface area contributed by atoms with Gasteiger partial charge < -0.3 is 9.84 Å². The lowest BCUT2D eigenvalue weighted by Gasteiger charge is -2.21. The van der Waals surface area contributed by atoms with Gasteiger partial charge in [-0.2, -0.15) is 0 Å². The van der Waals surface area contributed by atoms with E-state index in [0.29, 0.717) is 13.2 Å². The van der Waals surface area contributed by atoms with Gasteiger partial charge in [-0.05, 0) is 41.5 Å². The molecule has 0 radical (unpaired) electrons. The number of ether oxygens (including phenoxy) is 1. The smallest absolute Gasteiger partial charge is 0.0974 e. The maximum Gasteiger partial charge on any atom is 0.0974 e. The van der Waals surface area contributed by atoms with Gasteiger partial charge in [0, 0.05) is 0 Å². The standard InChI is InChI=1S/C14H14O.C10H12O/c1-3-7-13(8-4-1)11-15-12-14-9-5-2-6-10-14;11-10-7-3-5-8-4-1-2-6-9(8)10/h1-10H,11-12H2;3,5-7,10-11H,1-2,4H2. The molecule has 2 aliphatic carbocycles. The zero-order chi connectivity index (χ0) is 18.0. The average Bonchev–Trinajstić information content (AvgIpc) is 2.71. The molecule has 2 aromatic carbocycles. The van der Waals surface area contributed by atoms with Crippen molar-refractivity contribution >= 4 is 0 Å². The summed E-state index contributed by atoms with van der Waals surface area (Å²) < 4.78 is 5.61. The Balaban J connectivity index is 0.000000158. The molecule has 134 valence electrons. The van der Waals surface area contributed by atoms with Gasteiger partial charge in [0.15, 0.2) is 0 Å². The second-order valence-corrected chi connectivity index (χ2v) is 6.54. The minimum Gasteiger partial charge on any atom is -0.384 e. The summed E-state index contributed by atoms with van der Waals surface area (Å²) in [6, 6.07) is 20.4. The lowest BCUT2D eigenvalue weighted by atomic mass is 9.87. The fourth-order valence-corrected chi connectivity index (χ4v) is 3.13. The number of rotatable bonds is 4. The molecule has 2 aliphatic rings. The largest absolute Gasteiger partial charge is 0.384 e. The van der Waals surface area contributed by atoms with Crippen LogP contribution in [0.15, 0.2) is 96.1 Å². The zero-order valence-electron chi connectivity index (χ0n) is 15.1. The van der Waals surface area contributed by atoms with Gasteiger partial charge >= 0.3 is 0 Å². The van der Waals surface area contributed by atoms with Gasteiger partial charge in [-0.25, -0.2) is 0 Å². The van der Waals surface area contributed by atoms with Gasteiger partial charge in [0.05, 0.1) is 19.3 Å². The first-order valence-electron chi connectivity index (χ1n) is 9.24. The number of hydrogen-bond donors (Lipinski definition) is 1. The Kier molecular flexibility index (Phi) is 7.00. The van der Waals surface area contributed by atoms with Crippen LogP contribution in [0.1, 0.15) is 30.4 Å². The van der Waals surface area contributed by atoms with Crippen molar-refractivity contribution in [1.29, 1.82) is 0 Å². The van der Waals surface area contributed by atoms with Gasteiger partial charge in [-0.1, -0.05) is 85.0 Å². The fraction of sp³-hybridized carbons (Fsp3) is 0.250. The van der Waals surface area contributed by atoms with Gasteiger partial charge in [0.1, 0.15) is 0 Å². The number of aliphatic hydroxyl groups excluding tert-OH is 1. The van der Waals surface area contributed by atoms with Crippen molar-refractivity contribution in [3.8, 4) is 0 Å². The van der Waals surface area contributed by atoms with Crippen molar-refractivity contribution in [2.45, 2.75) is 38.6 Å². The highest BCUT2D eigenvalue weighted by Crippen LogP contribution is 2.29. The van der Waals surface area contributed by atoms with Crippen LogP contribution in [0.4, 0.5) is 0 Å². The van der Waals surface area contributed by atoms with Crippen LogP contribution in [0, 0.1) is 0 Å². The van der Waals surface area contributed by atoms with Crippen molar-refractivity contribution in [3.63, 3.8) is 0 Å². The molecule has 0 amide bonds. The molecule has 2 nitrogen and oxygen atoms in total. The number of allylic oxidation sites excluding steroid dienone is 3. The molecule has 1 unspecified atom stereocenters. The zero-order valence-corrected chi connectivity index (χ0v) is 15.1. The molecule has 0 bridgehead atoms. The van der Waals surface area contributed by atoms with E-state index in [-0.39, 0.29) is 6.10 Å². The predicted molar refractivity (Wildman–Crippen MR) is 107 cm³/mol. The molecule has 0 fully saturated rings. The molecular formula is C24H26O2. The van der Waals surface area contributed by atoms with E-state index in [1.54, 1.807) is 0 Å². The third-order valence-corrected chi connectivity index (χ3v) is 4.52. The SMILES string of the molecule is OC1C=CC=C2CCCC=C21.c1ccc(COCc2ccccc2)cc1. The molecule has 1 N–H and O–H groups in total. The van der Waals surface area contributed by atoms with Crippen molar-refractivity contribution in [2.75, 3.05) is 0 Å². The molecule has 2 heteroatoms. The summed E-state index contributed by atoms with van der Waals surface area (Å²) in [4.78, 5) is 0. The van der Waals surface area contributed by atoms with Crippen molar-refractivity contribution in [1.82, 2.24) is 0 Å². The number of aliphatic hydroxyl groups is 1. The van der Waals surface area contributed by atoms with Crippen LogP contribution < -0.4 is 0 Å². The molecule has 0 aliphatic heterocycles. The van der Waals surface area contributed by atoms with E-state index in [9.17, 15) is 5.11 Å². The molecule has 0 saturated heterocycles. The Labute approximate surface area is 156 Å². The van der Waals surface area contributed by atoms with Crippen molar-refractivity contribution < 1.29 is 9.84 Å². The minimum atomic E-state index is -0.338. The summed E-state index contributed by atoms with van der Waals surface area (Å²) in [6.07, 6.45) is 11.2. The predicted octanol–water partition coefficient (Wildman–Crippen LogP) is 5.36. The highest BCUT2D eigenvalue weighted by atomic mass is 16.5. The molecule has 26 heavy (non-hydrogen) atoms. The van der Waals surface area contributed by atoms with Gasteiger partial charge in [-0.3, -0.25) is 0 Å². The van der Waals surface area contributed by atoms with Gasteiger partial charge in [-0.15, -0.1) is 0 Å². The van der Waals surface area contributed by atoms with E-state index in [1.807, 2.05) is 48.6 Å². The van der Waals surface area contributed by atoms with E-state index < -0.39 is 0 Å². The maximum atomic E-state index is 9.51. The van der Waals surface area contributed by atoms with Gasteiger partial charge in [0.25, 0.3) is 0 Å². The molecule has 1 atom stereocenters. The summed E-state index contributed by atoms with van der Waals surface area (Å²) in [5.41, 5.74) is 4.90. The minimum absolute atomic E-state index is 0.338.